The molecule has 0 bridgehead atoms. The molecule has 3 rings (SSSR count). The number of hydrogen-bond donors (Lipinski definition) is 1. The first-order chi connectivity index (χ1) is 11.3. The first-order valence-electron chi connectivity index (χ1n) is 6.95. The molecular weight excluding hydrogens is 458 g/mol. The molecule has 7 heteroatoms. The van der Waals surface area contributed by atoms with Gasteiger partial charge in [-0.3, -0.25) is 0 Å². The van der Waals surface area contributed by atoms with Gasteiger partial charge in [0.25, 0.3) is 0 Å². The predicted octanol–water partition coefficient (Wildman–Crippen LogP) is 5.09. The molecule has 2 N–H and O–H groups in total. The number of primary sulfonamides is 1. The van der Waals surface area contributed by atoms with Crippen LogP contribution in [-0.4, -0.2) is 8.42 Å². The van der Waals surface area contributed by atoms with Crippen LogP contribution in [0.1, 0.15) is 5.56 Å². The summed E-state index contributed by atoms with van der Waals surface area (Å²) in [6, 6.07) is 14.5. The number of furan rings is 1. The molecule has 0 aliphatic carbocycles. The van der Waals surface area contributed by atoms with Crippen LogP contribution in [0.4, 0.5) is 0 Å². The minimum absolute atomic E-state index is 0.0711. The van der Waals surface area contributed by atoms with Crippen LogP contribution in [0.2, 0.25) is 0 Å². The van der Waals surface area contributed by atoms with Gasteiger partial charge in [-0.25, -0.2) is 13.6 Å². The predicted molar refractivity (Wildman–Crippen MR) is 101 cm³/mol. The Labute approximate surface area is 157 Å². The average Bonchev–Trinajstić information content (AvgIpc) is 2.82. The van der Waals surface area contributed by atoms with Crippen LogP contribution in [0.15, 0.2) is 67.2 Å². The Bertz CT molecular complexity index is 992. The van der Waals surface area contributed by atoms with Gasteiger partial charge in [-0.2, -0.15) is 0 Å². The van der Waals surface area contributed by atoms with Crippen LogP contribution >= 0.6 is 31.9 Å². The first kappa shape index (κ1) is 17.4. The van der Waals surface area contributed by atoms with E-state index in [1.165, 1.54) is 12.1 Å². The molecule has 0 radical (unpaired) electrons. The first-order valence-corrected chi connectivity index (χ1v) is 10.1. The van der Waals surface area contributed by atoms with Gasteiger partial charge in [0, 0.05) is 11.1 Å². The van der Waals surface area contributed by atoms with Gasteiger partial charge in [0.2, 0.25) is 10.0 Å². The van der Waals surface area contributed by atoms with Crippen molar-refractivity contribution >= 4 is 41.9 Å². The van der Waals surface area contributed by atoms with Crippen molar-refractivity contribution in [2.75, 3.05) is 0 Å². The lowest BCUT2D eigenvalue weighted by molar-refractivity contribution is 0.518. The Morgan fingerprint density at radius 2 is 1.25 bits per heavy atom. The largest absolute Gasteiger partial charge is 0.441 e. The lowest BCUT2D eigenvalue weighted by Gasteiger charge is -2.06. The number of benzene rings is 2. The van der Waals surface area contributed by atoms with Crippen LogP contribution < -0.4 is 5.14 Å². The van der Waals surface area contributed by atoms with Gasteiger partial charge in [-0.15, -0.1) is 0 Å². The van der Waals surface area contributed by atoms with Crippen LogP contribution in [0.5, 0.6) is 0 Å². The molecule has 1 heterocycles. The third-order valence-corrected chi connectivity index (χ3v) is 5.68. The van der Waals surface area contributed by atoms with Gasteiger partial charge >= 0.3 is 0 Å². The number of rotatable bonds is 3. The average molecular weight is 471 g/mol. The lowest BCUT2D eigenvalue weighted by atomic mass is 9.98. The minimum Gasteiger partial charge on any atom is -0.441 e. The molecule has 0 saturated heterocycles. The molecule has 1 aromatic heterocycles. The van der Waals surface area contributed by atoms with Crippen molar-refractivity contribution in [2.45, 2.75) is 11.8 Å². The molecule has 4 nitrogen and oxygen atoms in total. The molecule has 0 spiro atoms. The van der Waals surface area contributed by atoms with Crippen molar-refractivity contribution < 1.29 is 12.8 Å². The summed E-state index contributed by atoms with van der Waals surface area (Å²) in [7, 11) is -3.72. The standard InChI is InChI=1S/C17H13Br2NO3S/c1-10-2-4-11(5-3-10)14-15(17(19)23-16(14)18)12-6-8-13(9-7-12)24(20,21)22/h2-9H,1H3,(H2,20,21,22). The summed E-state index contributed by atoms with van der Waals surface area (Å²) in [6.07, 6.45) is 0. The van der Waals surface area contributed by atoms with Crippen LogP contribution in [0.25, 0.3) is 22.3 Å². The van der Waals surface area contributed by atoms with E-state index in [0.717, 1.165) is 27.8 Å². The molecule has 0 aliphatic rings. The monoisotopic (exact) mass is 469 g/mol. The Hall–Kier alpha value is -1.41. The molecule has 0 saturated carbocycles. The Balaban J connectivity index is 2.17. The molecule has 0 unspecified atom stereocenters. The van der Waals surface area contributed by atoms with E-state index >= 15 is 0 Å². The quantitative estimate of drug-likeness (QED) is 0.579. The number of nitrogens with two attached hydrogens (primary N) is 1. The third kappa shape index (κ3) is 3.35. The SMILES string of the molecule is Cc1ccc(-c2c(Br)oc(Br)c2-c2ccc(S(N)(=O)=O)cc2)cc1. The summed E-state index contributed by atoms with van der Waals surface area (Å²) >= 11 is 6.89. The maximum absolute atomic E-state index is 11.4. The van der Waals surface area contributed by atoms with E-state index in [1.807, 2.05) is 31.2 Å². The van der Waals surface area contributed by atoms with E-state index in [9.17, 15) is 8.42 Å². The number of aryl methyl sites for hydroxylation is 1. The molecule has 124 valence electrons. The second kappa shape index (κ2) is 6.48. The summed E-state index contributed by atoms with van der Waals surface area (Å²) < 4.78 is 29.7. The molecule has 3 aromatic rings. The number of hydrogen-bond acceptors (Lipinski definition) is 3. The Kier molecular flexibility index (Phi) is 4.70. The summed E-state index contributed by atoms with van der Waals surface area (Å²) in [5.41, 5.74) is 4.71. The van der Waals surface area contributed by atoms with Crippen molar-refractivity contribution in [3.8, 4) is 22.3 Å². The molecular formula is C17H13Br2NO3S. The number of sulfonamides is 1. The molecule has 0 atom stereocenters. The zero-order valence-corrected chi connectivity index (χ0v) is 16.6. The lowest BCUT2D eigenvalue weighted by Crippen LogP contribution is -2.11. The van der Waals surface area contributed by atoms with E-state index < -0.39 is 10.0 Å². The third-order valence-electron chi connectivity index (χ3n) is 3.63. The highest BCUT2D eigenvalue weighted by Crippen LogP contribution is 2.45. The molecule has 24 heavy (non-hydrogen) atoms. The van der Waals surface area contributed by atoms with Gasteiger partial charge in [0.15, 0.2) is 9.34 Å². The van der Waals surface area contributed by atoms with Crippen molar-refractivity contribution in [3.05, 3.63) is 63.4 Å². The van der Waals surface area contributed by atoms with E-state index in [-0.39, 0.29) is 4.90 Å². The normalized spacial score (nSPS) is 11.7. The smallest absolute Gasteiger partial charge is 0.238 e. The molecule has 0 fully saturated rings. The van der Waals surface area contributed by atoms with Crippen molar-refractivity contribution in [2.24, 2.45) is 5.14 Å². The highest BCUT2D eigenvalue weighted by atomic mass is 79.9. The van der Waals surface area contributed by atoms with Gasteiger partial charge < -0.3 is 4.42 Å². The topological polar surface area (TPSA) is 73.3 Å². The highest BCUT2D eigenvalue weighted by Gasteiger charge is 2.20. The maximum atomic E-state index is 11.4. The molecule has 2 aromatic carbocycles. The van der Waals surface area contributed by atoms with Crippen LogP contribution in [0.3, 0.4) is 0 Å². The summed E-state index contributed by atoms with van der Waals surface area (Å²) in [5.74, 6) is 0. The van der Waals surface area contributed by atoms with Gasteiger partial charge in [-0.05, 0) is 62.0 Å². The summed E-state index contributed by atoms with van der Waals surface area (Å²) in [4.78, 5) is 0.0711. The van der Waals surface area contributed by atoms with Gasteiger partial charge in [0.05, 0.1) is 4.90 Å². The zero-order valence-electron chi connectivity index (χ0n) is 12.6. The van der Waals surface area contributed by atoms with Crippen molar-refractivity contribution in [1.29, 1.82) is 0 Å². The fraction of sp³-hybridized carbons (Fsp3) is 0.0588. The summed E-state index contributed by atoms with van der Waals surface area (Å²) in [6.45, 7) is 2.02. The highest BCUT2D eigenvalue weighted by molar-refractivity contribution is 9.11. The minimum atomic E-state index is -3.72. The molecule has 0 amide bonds. The van der Waals surface area contributed by atoms with E-state index in [4.69, 9.17) is 9.56 Å². The number of halogens is 2. The molecule has 0 aliphatic heterocycles. The fourth-order valence-electron chi connectivity index (χ4n) is 2.42. The van der Waals surface area contributed by atoms with E-state index in [1.54, 1.807) is 12.1 Å². The maximum Gasteiger partial charge on any atom is 0.238 e. The Morgan fingerprint density at radius 3 is 1.67 bits per heavy atom. The summed E-state index contributed by atoms with van der Waals surface area (Å²) in [5, 5.41) is 5.15. The fourth-order valence-corrected chi connectivity index (χ4v) is 4.34. The van der Waals surface area contributed by atoms with Crippen LogP contribution in [0, 0.1) is 6.92 Å². The Morgan fingerprint density at radius 1 is 0.833 bits per heavy atom. The van der Waals surface area contributed by atoms with E-state index in [2.05, 4.69) is 31.9 Å². The van der Waals surface area contributed by atoms with Crippen LogP contribution in [-0.2, 0) is 10.0 Å². The van der Waals surface area contributed by atoms with Gasteiger partial charge in [0.1, 0.15) is 0 Å². The van der Waals surface area contributed by atoms with Crippen molar-refractivity contribution in [3.63, 3.8) is 0 Å². The van der Waals surface area contributed by atoms with Gasteiger partial charge in [-0.1, -0.05) is 42.0 Å². The zero-order chi connectivity index (χ0) is 17.5. The second-order valence-corrected chi connectivity index (χ2v) is 8.34. The van der Waals surface area contributed by atoms with E-state index in [0.29, 0.717) is 9.34 Å². The van der Waals surface area contributed by atoms with Crippen molar-refractivity contribution in [1.82, 2.24) is 0 Å². The second-order valence-electron chi connectivity index (χ2n) is 5.33.